The predicted octanol–water partition coefficient (Wildman–Crippen LogP) is 3.28. The molecule has 0 N–H and O–H groups in total. The molecule has 0 saturated carbocycles. The van der Waals surface area contributed by atoms with Crippen molar-refractivity contribution in [2.45, 2.75) is 38.6 Å². The van der Waals surface area contributed by atoms with Crippen molar-refractivity contribution >= 4 is 21.7 Å². The lowest BCUT2D eigenvalue weighted by Gasteiger charge is -2.37. The Labute approximate surface area is 107 Å². The smallest absolute Gasteiger partial charge is 0.160 e. The van der Waals surface area contributed by atoms with Crippen LogP contribution in [0.25, 0.3) is 0 Å². The molecule has 0 aromatic heterocycles. The fourth-order valence-corrected chi connectivity index (χ4v) is 2.62. The van der Waals surface area contributed by atoms with Gasteiger partial charge in [-0.3, -0.25) is 9.69 Å². The minimum Gasteiger partial charge on any atom is -0.300 e. The number of rotatable bonds is 4. The molecule has 0 saturated heterocycles. The third-order valence-electron chi connectivity index (χ3n) is 3.80. The summed E-state index contributed by atoms with van der Waals surface area (Å²) < 4.78 is 0.999. The van der Waals surface area contributed by atoms with Gasteiger partial charge in [0.05, 0.1) is 0 Å². The summed E-state index contributed by atoms with van der Waals surface area (Å²) >= 11 is 3.39. The molecule has 1 rings (SSSR count). The minimum atomic E-state index is -0.0993. The Morgan fingerprint density at radius 3 is 2.38 bits per heavy atom. The fraction of sp³-hybridized carbons (Fsp3) is 0.615. The number of carbonyl (C=O) groups is 1. The van der Waals surface area contributed by atoms with E-state index in [0.29, 0.717) is 6.42 Å². The maximum absolute atomic E-state index is 11.8. The summed E-state index contributed by atoms with van der Waals surface area (Å²) in [5, 5.41) is 0. The highest BCUT2D eigenvalue weighted by Gasteiger charge is 2.42. The number of Topliss-reactive ketones (excluding diaryl/α,β-unsaturated/α-hetero) is 1. The number of likely N-dealkylation sites (N-methyl/N-ethyl adjacent to an activating group) is 1. The minimum absolute atomic E-state index is 0.0993. The van der Waals surface area contributed by atoms with E-state index in [4.69, 9.17) is 0 Å². The van der Waals surface area contributed by atoms with Crippen LogP contribution in [0, 0.1) is 0 Å². The van der Waals surface area contributed by atoms with Crippen LogP contribution < -0.4 is 0 Å². The molecule has 0 heterocycles. The summed E-state index contributed by atoms with van der Waals surface area (Å²) in [6.07, 6.45) is 2.45. The summed E-state index contributed by atoms with van der Waals surface area (Å²) in [5.41, 5.74) is 2.06. The van der Waals surface area contributed by atoms with Crippen LogP contribution in [0.5, 0.6) is 0 Å². The quantitative estimate of drug-likeness (QED) is 0.790. The van der Waals surface area contributed by atoms with Crippen LogP contribution >= 0.6 is 15.9 Å². The SMILES string of the molecule is C=C(Br)CCC1(N(C)C)CC(=O)C(C)=C1C. The second-order valence-electron chi connectivity index (χ2n) is 4.79. The Morgan fingerprint density at radius 2 is 2.06 bits per heavy atom. The number of halogens is 1. The lowest BCUT2D eigenvalue weighted by atomic mass is 9.85. The number of allylic oxidation sites excluding steroid dienone is 2. The van der Waals surface area contributed by atoms with E-state index < -0.39 is 0 Å². The third kappa shape index (κ3) is 2.30. The first-order valence-electron chi connectivity index (χ1n) is 5.53. The molecule has 1 aliphatic carbocycles. The van der Waals surface area contributed by atoms with Gasteiger partial charge in [0.2, 0.25) is 0 Å². The lowest BCUT2D eigenvalue weighted by Crippen LogP contribution is -2.44. The highest BCUT2D eigenvalue weighted by atomic mass is 79.9. The van der Waals surface area contributed by atoms with Gasteiger partial charge in [0.25, 0.3) is 0 Å². The monoisotopic (exact) mass is 285 g/mol. The van der Waals surface area contributed by atoms with Crippen LogP contribution in [-0.2, 0) is 4.79 Å². The largest absolute Gasteiger partial charge is 0.300 e. The molecule has 0 bridgehead atoms. The molecule has 1 aliphatic rings. The molecule has 0 radical (unpaired) electrons. The fourth-order valence-electron chi connectivity index (χ4n) is 2.42. The van der Waals surface area contributed by atoms with E-state index >= 15 is 0 Å². The Morgan fingerprint density at radius 1 is 1.50 bits per heavy atom. The van der Waals surface area contributed by atoms with Crippen molar-refractivity contribution in [1.82, 2.24) is 4.90 Å². The van der Waals surface area contributed by atoms with Gasteiger partial charge in [-0.2, -0.15) is 0 Å². The number of nitrogens with zero attached hydrogens (tertiary/aromatic N) is 1. The first-order chi connectivity index (χ1) is 7.31. The Kier molecular flexibility index (Phi) is 4.13. The standard InChI is InChI=1S/C13H20BrNO/c1-9(14)6-7-13(15(4)5)8-12(16)10(2)11(13)3/h1,6-8H2,2-5H3. The Hall–Kier alpha value is -0.410. The van der Waals surface area contributed by atoms with E-state index in [1.165, 1.54) is 5.57 Å². The number of carbonyl (C=O) groups excluding carboxylic acids is 1. The van der Waals surface area contributed by atoms with E-state index in [2.05, 4.69) is 34.3 Å². The second-order valence-corrected chi connectivity index (χ2v) is 5.91. The van der Waals surface area contributed by atoms with E-state index in [0.717, 1.165) is 22.9 Å². The molecule has 0 amide bonds. The zero-order chi connectivity index (χ0) is 12.5. The van der Waals surface area contributed by atoms with Gasteiger partial charge in [-0.25, -0.2) is 0 Å². The van der Waals surface area contributed by atoms with Crippen molar-refractivity contribution < 1.29 is 4.79 Å². The van der Waals surface area contributed by atoms with Crippen molar-refractivity contribution in [1.29, 1.82) is 0 Å². The first kappa shape index (κ1) is 13.7. The maximum atomic E-state index is 11.8. The molecule has 0 aromatic carbocycles. The van der Waals surface area contributed by atoms with Crippen LogP contribution in [0.1, 0.15) is 33.1 Å². The topological polar surface area (TPSA) is 20.3 Å². The van der Waals surface area contributed by atoms with Gasteiger partial charge < -0.3 is 0 Å². The second kappa shape index (κ2) is 4.84. The van der Waals surface area contributed by atoms with Crippen LogP contribution in [-0.4, -0.2) is 30.3 Å². The molecule has 90 valence electrons. The van der Waals surface area contributed by atoms with Gasteiger partial charge >= 0.3 is 0 Å². The molecule has 0 aliphatic heterocycles. The van der Waals surface area contributed by atoms with Gasteiger partial charge in [0.15, 0.2) is 5.78 Å². The highest BCUT2D eigenvalue weighted by Crippen LogP contribution is 2.40. The molecule has 2 nitrogen and oxygen atoms in total. The molecule has 3 heteroatoms. The summed E-state index contributed by atoms with van der Waals surface area (Å²) in [6, 6.07) is 0. The zero-order valence-corrected chi connectivity index (χ0v) is 12.1. The molecule has 1 atom stereocenters. The van der Waals surface area contributed by atoms with Crippen LogP contribution in [0.15, 0.2) is 22.2 Å². The van der Waals surface area contributed by atoms with E-state index in [1.807, 2.05) is 21.0 Å². The van der Waals surface area contributed by atoms with Crippen LogP contribution in [0.4, 0.5) is 0 Å². The highest BCUT2D eigenvalue weighted by molar-refractivity contribution is 9.11. The molecular weight excluding hydrogens is 266 g/mol. The maximum Gasteiger partial charge on any atom is 0.160 e. The summed E-state index contributed by atoms with van der Waals surface area (Å²) in [6.45, 7) is 7.88. The molecule has 0 fully saturated rings. The third-order valence-corrected chi connectivity index (χ3v) is 4.19. The Balaban J connectivity index is 3.01. The lowest BCUT2D eigenvalue weighted by molar-refractivity contribution is -0.116. The van der Waals surface area contributed by atoms with Crippen molar-refractivity contribution in [3.8, 4) is 0 Å². The van der Waals surface area contributed by atoms with E-state index in [1.54, 1.807) is 0 Å². The number of hydrogen-bond donors (Lipinski definition) is 0. The predicted molar refractivity (Wildman–Crippen MR) is 71.7 cm³/mol. The zero-order valence-electron chi connectivity index (χ0n) is 10.6. The van der Waals surface area contributed by atoms with Crippen LogP contribution in [0.2, 0.25) is 0 Å². The number of hydrogen-bond acceptors (Lipinski definition) is 2. The van der Waals surface area contributed by atoms with Gasteiger partial charge in [0, 0.05) is 12.0 Å². The van der Waals surface area contributed by atoms with Gasteiger partial charge in [-0.15, -0.1) is 0 Å². The van der Waals surface area contributed by atoms with E-state index in [-0.39, 0.29) is 11.3 Å². The molecule has 0 spiro atoms. The summed E-state index contributed by atoms with van der Waals surface area (Å²) in [5.74, 6) is 0.284. The molecule has 1 unspecified atom stereocenters. The Bertz CT molecular complexity index is 357. The van der Waals surface area contributed by atoms with Crippen molar-refractivity contribution in [3.05, 3.63) is 22.2 Å². The van der Waals surface area contributed by atoms with E-state index in [9.17, 15) is 4.79 Å². The first-order valence-corrected chi connectivity index (χ1v) is 6.32. The van der Waals surface area contributed by atoms with Gasteiger partial charge in [0.1, 0.15) is 0 Å². The summed E-state index contributed by atoms with van der Waals surface area (Å²) in [7, 11) is 4.10. The average molecular weight is 286 g/mol. The summed E-state index contributed by atoms with van der Waals surface area (Å²) in [4.78, 5) is 14.0. The van der Waals surface area contributed by atoms with Gasteiger partial charge in [-0.05, 0) is 56.4 Å². The van der Waals surface area contributed by atoms with Gasteiger partial charge in [-0.1, -0.05) is 22.5 Å². The van der Waals surface area contributed by atoms with Crippen molar-refractivity contribution in [2.24, 2.45) is 0 Å². The van der Waals surface area contributed by atoms with Crippen molar-refractivity contribution in [2.75, 3.05) is 14.1 Å². The molecule has 0 aromatic rings. The average Bonchev–Trinajstić information content (AvgIpc) is 2.41. The molecular formula is C13H20BrNO. The number of ketones is 1. The molecule has 16 heavy (non-hydrogen) atoms. The van der Waals surface area contributed by atoms with Crippen LogP contribution in [0.3, 0.4) is 0 Å². The van der Waals surface area contributed by atoms with Crippen molar-refractivity contribution in [3.63, 3.8) is 0 Å². The normalized spacial score (nSPS) is 25.8.